The largest absolute Gasteiger partial charge is 0.206 e. The van der Waals surface area contributed by atoms with Gasteiger partial charge in [-0.1, -0.05) is 99.5 Å². The average Bonchev–Trinajstić information content (AvgIpc) is 2.89. The zero-order valence-electron chi connectivity index (χ0n) is 21.0. The Morgan fingerprint density at radius 3 is 1.83 bits per heavy atom. The Labute approximate surface area is 210 Å². The summed E-state index contributed by atoms with van der Waals surface area (Å²) in [5.41, 5.74) is 6.85. The Balaban J connectivity index is 1.38. The van der Waals surface area contributed by atoms with Crippen LogP contribution in [0.15, 0.2) is 78.9 Å². The van der Waals surface area contributed by atoms with Crippen LogP contribution in [-0.2, 0) is 25.7 Å². The third-order valence-electron chi connectivity index (χ3n) is 6.65. The molecule has 4 aromatic rings. The quantitative estimate of drug-likeness (QED) is 0.172. The maximum absolute atomic E-state index is 14.9. The summed E-state index contributed by atoms with van der Waals surface area (Å²) >= 11 is 0. The van der Waals surface area contributed by atoms with Crippen molar-refractivity contribution in [2.75, 3.05) is 0 Å². The molecule has 4 aromatic carbocycles. The number of benzene rings is 4. The van der Waals surface area contributed by atoms with E-state index in [1.807, 2.05) is 30.3 Å². The molecule has 0 radical (unpaired) electrons. The smallest absolute Gasteiger partial charge is 0.134 e. The van der Waals surface area contributed by atoms with Crippen LogP contribution in [0.2, 0.25) is 0 Å². The highest BCUT2D eigenvalue weighted by atomic mass is 19.1. The molecule has 0 spiro atoms. The van der Waals surface area contributed by atoms with Crippen molar-refractivity contribution in [1.82, 2.24) is 0 Å². The minimum atomic E-state index is -0.0781. The summed E-state index contributed by atoms with van der Waals surface area (Å²) in [7, 11) is 0. The summed E-state index contributed by atoms with van der Waals surface area (Å²) in [5.74, 6) is 6.43. The van der Waals surface area contributed by atoms with E-state index in [1.54, 1.807) is 0 Å². The highest BCUT2D eigenvalue weighted by Crippen LogP contribution is 2.24. The number of hydrogen-bond acceptors (Lipinski definition) is 0. The standard InChI is InChI=1S/C34H35F/c1-3-5-6-8-31-22-23-32-25-30(21-24-33(32)34(31)35)20-19-29-17-15-28(16-18-29)14-13-27-11-9-26(7-4-2)10-12-27/h9-12,15-18,21-25H,3-8,13-14H2,1-2H3. The van der Waals surface area contributed by atoms with Crippen molar-refractivity contribution in [3.63, 3.8) is 0 Å². The van der Waals surface area contributed by atoms with E-state index in [-0.39, 0.29) is 5.82 Å². The molecular weight excluding hydrogens is 427 g/mol. The fourth-order valence-corrected chi connectivity index (χ4v) is 4.52. The lowest BCUT2D eigenvalue weighted by Gasteiger charge is -2.07. The fraction of sp³-hybridized carbons (Fsp3) is 0.294. The normalized spacial score (nSPS) is 10.8. The maximum Gasteiger partial charge on any atom is 0.134 e. The Kier molecular flexibility index (Phi) is 8.74. The van der Waals surface area contributed by atoms with E-state index in [1.165, 1.54) is 23.1 Å². The molecule has 0 unspecified atom stereocenters. The van der Waals surface area contributed by atoms with E-state index in [4.69, 9.17) is 0 Å². The fourth-order valence-electron chi connectivity index (χ4n) is 4.52. The molecule has 1 heteroatoms. The summed E-state index contributed by atoms with van der Waals surface area (Å²) in [6, 6.07) is 27.3. The first-order valence-corrected chi connectivity index (χ1v) is 13.1. The predicted molar refractivity (Wildman–Crippen MR) is 147 cm³/mol. The number of unbranched alkanes of at least 4 members (excludes halogenated alkanes) is 2. The summed E-state index contributed by atoms with van der Waals surface area (Å²) in [6.07, 6.45) is 8.54. The van der Waals surface area contributed by atoms with E-state index in [0.717, 1.165) is 67.0 Å². The Morgan fingerprint density at radius 2 is 1.17 bits per heavy atom. The number of rotatable bonds is 9. The van der Waals surface area contributed by atoms with Crippen LogP contribution in [0.4, 0.5) is 4.39 Å². The summed E-state index contributed by atoms with van der Waals surface area (Å²) in [4.78, 5) is 0. The molecule has 0 aliphatic rings. The highest BCUT2D eigenvalue weighted by Gasteiger charge is 2.07. The monoisotopic (exact) mass is 462 g/mol. The highest BCUT2D eigenvalue weighted by molar-refractivity contribution is 5.85. The van der Waals surface area contributed by atoms with Gasteiger partial charge < -0.3 is 0 Å². The zero-order chi connectivity index (χ0) is 24.5. The van der Waals surface area contributed by atoms with Gasteiger partial charge in [0.05, 0.1) is 0 Å². The van der Waals surface area contributed by atoms with E-state index in [2.05, 4.69) is 74.2 Å². The lowest BCUT2D eigenvalue weighted by molar-refractivity contribution is 0.609. The van der Waals surface area contributed by atoms with Crippen molar-refractivity contribution in [3.05, 3.63) is 118 Å². The Hall–Kier alpha value is -3.37. The molecule has 0 saturated carbocycles. The molecule has 0 atom stereocenters. The molecule has 0 heterocycles. The van der Waals surface area contributed by atoms with E-state index in [0.29, 0.717) is 5.39 Å². The van der Waals surface area contributed by atoms with Crippen LogP contribution in [0.1, 0.15) is 72.9 Å². The van der Waals surface area contributed by atoms with Crippen LogP contribution in [-0.4, -0.2) is 0 Å². The van der Waals surface area contributed by atoms with Gasteiger partial charge in [-0.3, -0.25) is 0 Å². The van der Waals surface area contributed by atoms with Gasteiger partial charge in [-0.15, -0.1) is 0 Å². The van der Waals surface area contributed by atoms with Crippen LogP contribution >= 0.6 is 0 Å². The predicted octanol–water partition coefficient (Wildman–Crippen LogP) is 8.85. The molecule has 0 saturated heterocycles. The molecule has 4 rings (SSSR count). The number of hydrogen-bond donors (Lipinski definition) is 0. The van der Waals surface area contributed by atoms with Gasteiger partial charge in [0.25, 0.3) is 0 Å². The second-order valence-electron chi connectivity index (χ2n) is 9.45. The third kappa shape index (κ3) is 6.83. The van der Waals surface area contributed by atoms with Gasteiger partial charge in [-0.25, -0.2) is 4.39 Å². The Morgan fingerprint density at radius 1 is 0.571 bits per heavy atom. The topological polar surface area (TPSA) is 0 Å². The zero-order valence-corrected chi connectivity index (χ0v) is 21.0. The molecule has 35 heavy (non-hydrogen) atoms. The molecule has 0 aliphatic carbocycles. The molecule has 0 amide bonds. The van der Waals surface area contributed by atoms with E-state index >= 15 is 0 Å². The van der Waals surface area contributed by atoms with Crippen LogP contribution in [0.3, 0.4) is 0 Å². The lowest BCUT2D eigenvalue weighted by Crippen LogP contribution is -1.93. The minimum Gasteiger partial charge on any atom is -0.206 e. The first-order chi connectivity index (χ1) is 17.2. The van der Waals surface area contributed by atoms with Crippen molar-refractivity contribution in [1.29, 1.82) is 0 Å². The molecule has 0 nitrogen and oxygen atoms in total. The van der Waals surface area contributed by atoms with Crippen molar-refractivity contribution >= 4 is 10.8 Å². The number of halogens is 1. The number of aryl methyl sites for hydroxylation is 4. The van der Waals surface area contributed by atoms with Gasteiger partial charge in [-0.05, 0) is 84.0 Å². The van der Waals surface area contributed by atoms with Crippen LogP contribution < -0.4 is 0 Å². The van der Waals surface area contributed by atoms with Gasteiger partial charge in [0.1, 0.15) is 5.82 Å². The SMILES string of the molecule is CCCCCc1ccc2cc(C#Cc3ccc(CCc4ccc(CCC)cc4)cc3)ccc2c1F. The van der Waals surface area contributed by atoms with Crippen molar-refractivity contribution in [2.24, 2.45) is 0 Å². The molecule has 0 bridgehead atoms. The maximum atomic E-state index is 14.9. The van der Waals surface area contributed by atoms with Gasteiger partial charge in [0, 0.05) is 16.5 Å². The van der Waals surface area contributed by atoms with E-state index in [9.17, 15) is 4.39 Å². The third-order valence-corrected chi connectivity index (χ3v) is 6.65. The summed E-state index contributed by atoms with van der Waals surface area (Å²) in [5, 5.41) is 1.60. The summed E-state index contributed by atoms with van der Waals surface area (Å²) < 4.78 is 14.9. The molecule has 178 valence electrons. The molecule has 0 fully saturated rings. The van der Waals surface area contributed by atoms with E-state index < -0.39 is 0 Å². The van der Waals surface area contributed by atoms with Gasteiger partial charge in [0.15, 0.2) is 0 Å². The lowest BCUT2D eigenvalue weighted by atomic mass is 10.00. The first kappa shape index (κ1) is 24.7. The van der Waals surface area contributed by atoms with Crippen LogP contribution in [0, 0.1) is 17.7 Å². The molecule has 0 aliphatic heterocycles. The van der Waals surface area contributed by atoms with Crippen LogP contribution in [0.25, 0.3) is 10.8 Å². The van der Waals surface area contributed by atoms with Crippen molar-refractivity contribution in [3.8, 4) is 11.8 Å². The van der Waals surface area contributed by atoms with Crippen molar-refractivity contribution < 1.29 is 4.39 Å². The van der Waals surface area contributed by atoms with Crippen molar-refractivity contribution in [2.45, 2.75) is 65.2 Å². The second kappa shape index (κ2) is 12.4. The summed E-state index contributed by atoms with van der Waals surface area (Å²) in [6.45, 7) is 4.39. The van der Waals surface area contributed by atoms with Gasteiger partial charge >= 0.3 is 0 Å². The minimum absolute atomic E-state index is 0.0781. The molecular formula is C34H35F. The van der Waals surface area contributed by atoms with Crippen LogP contribution in [0.5, 0.6) is 0 Å². The van der Waals surface area contributed by atoms with Gasteiger partial charge in [-0.2, -0.15) is 0 Å². The first-order valence-electron chi connectivity index (χ1n) is 13.1. The molecule has 0 N–H and O–H groups in total. The number of fused-ring (bicyclic) bond motifs is 1. The van der Waals surface area contributed by atoms with Gasteiger partial charge in [0.2, 0.25) is 0 Å². The molecule has 0 aromatic heterocycles. The average molecular weight is 463 g/mol. The second-order valence-corrected chi connectivity index (χ2v) is 9.45. The Bertz CT molecular complexity index is 1300.